The van der Waals surface area contributed by atoms with E-state index >= 15 is 0 Å². The van der Waals surface area contributed by atoms with Crippen molar-refractivity contribution in [1.29, 1.82) is 0 Å². The Balaban J connectivity index is 1.63. The molecule has 2 heterocycles. The van der Waals surface area contributed by atoms with Gasteiger partial charge in [-0.05, 0) is 27.8 Å². The fourth-order valence-corrected chi connectivity index (χ4v) is 4.06. The number of aromatic nitrogens is 7. The maximum absolute atomic E-state index is 5.67. The maximum Gasteiger partial charge on any atom is 0.231 e. The number of methoxy groups -OCH3 is 2. The molecule has 0 aliphatic rings. The second kappa shape index (κ2) is 10.2. The van der Waals surface area contributed by atoms with Crippen molar-refractivity contribution in [2.24, 2.45) is 5.92 Å². The molecule has 0 bridgehead atoms. The predicted octanol–water partition coefficient (Wildman–Crippen LogP) is 4.23. The Morgan fingerprint density at radius 3 is 2.29 bits per heavy atom. The van der Waals surface area contributed by atoms with Gasteiger partial charge in [0.25, 0.3) is 0 Å². The lowest BCUT2D eigenvalue weighted by atomic mass is 9.98. The van der Waals surface area contributed by atoms with Crippen molar-refractivity contribution in [2.45, 2.75) is 45.9 Å². The topological polar surface area (TPSA) is 104 Å². The Morgan fingerprint density at radius 1 is 1.00 bits per heavy atom. The molecule has 0 aliphatic carbocycles. The van der Waals surface area contributed by atoms with Crippen LogP contribution in [0.5, 0.6) is 0 Å². The van der Waals surface area contributed by atoms with Crippen molar-refractivity contribution in [3.63, 3.8) is 0 Å². The van der Waals surface area contributed by atoms with E-state index in [-0.39, 0.29) is 0 Å². The Bertz CT molecular complexity index is 1190. The van der Waals surface area contributed by atoms with Crippen LogP contribution in [0, 0.1) is 5.92 Å². The summed E-state index contributed by atoms with van der Waals surface area (Å²) in [7, 11) is 3.25. The minimum Gasteiger partial charge on any atom is -0.347 e. The summed E-state index contributed by atoms with van der Waals surface area (Å²) in [5.41, 5.74) is 4.18. The summed E-state index contributed by atoms with van der Waals surface area (Å²) in [6, 6.07) is 16.5. The van der Waals surface area contributed by atoms with E-state index in [1.54, 1.807) is 14.2 Å². The van der Waals surface area contributed by atoms with Crippen LogP contribution < -0.4 is 0 Å². The van der Waals surface area contributed by atoms with Gasteiger partial charge >= 0.3 is 0 Å². The van der Waals surface area contributed by atoms with Gasteiger partial charge in [-0.25, -0.2) is 9.67 Å². The first-order chi connectivity index (χ1) is 16.5. The number of aromatic amines is 1. The Kier molecular flexibility index (Phi) is 7.14. The largest absolute Gasteiger partial charge is 0.347 e. The monoisotopic (exact) mass is 461 g/mol. The van der Waals surface area contributed by atoms with Crippen LogP contribution in [0.1, 0.15) is 44.4 Å². The van der Waals surface area contributed by atoms with E-state index in [0.717, 1.165) is 34.5 Å². The van der Waals surface area contributed by atoms with Gasteiger partial charge in [0.05, 0.1) is 6.54 Å². The molecule has 0 radical (unpaired) electrons. The van der Waals surface area contributed by atoms with Crippen LogP contribution in [0.3, 0.4) is 0 Å². The summed E-state index contributed by atoms with van der Waals surface area (Å²) in [4.78, 5) is 4.82. The highest BCUT2D eigenvalue weighted by Crippen LogP contribution is 2.30. The highest BCUT2D eigenvalue weighted by atomic mass is 16.7. The molecule has 4 aromatic rings. The first kappa shape index (κ1) is 23.7. The van der Waals surface area contributed by atoms with Gasteiger partial charge in [-0.3, -0.25) is 0 Å². The van der Waals surface area contributed by atoms with Gasteiger partial charge < -0.3 is 9.47 Å². The number of hydrogen-bond donors (Lipinski definition) is 1. The van der Waals surface area contributed by atoms with Crippen LogP contribution in [0.15, 0.2) is 48.5 Å². The summed E-state index contributed by atoms with van der Waals surface area (Å²) < 4.78 is 13.3. The number of nitrogens with one attached hydrogen (secondary N) is 1. The molecule has 178 valence electrons. The van der Waals surface area contributed by atoms with E-state index in [1.165, 1.54) is 0 Å². The predicted molar refractivity (Wildman–Crippen MR) is 129 cm³/mol. The molecule has 4 rings (SSSR count). The molecule has 0 amide bonds. The van der Waals surface area contributed by atoms with Gasteiger partial charge in [-0.2, -0.15) is 5.21 Å². The zero-order valence-corrected chi connectivity index (χ0v) is 20.3. The summed E-state index contributed by atoms with van der Waals surface area (Å²) >= 11 is 0. The first-order valence-corrected chi connectivity index (χ1v) is 11.5. The van der Waals surface area contributed by atoms with E-state index in [4.69, 9.17) is 19.6 Å². The number of tetrazole rings is 1. The van der Waals surface area contributed by atoms with Crippen LogP contribution >= 0.6 is 0 Å². The third-order valence-corrected chi connectivity index (χ3v) is 5.92. The number of ether oxygens (including phenoxy) is 2. The first-order valence-electron chi connectivity index (χ1n) is 11.5. The fraction of sp³-hybridized carbons (Fsp3) is 0.400. The third-order valence-electron chi connectivity index (χ3n) is 5.92. The minimum absolute atomic E-state index is 0.445. The van der Waals surface area contributed by atoms with Crippen molar-refractivity contribution in [3.05, 3.63) is 65.7 Å². The molecule has 0 saturated heterocycles. The number of nitrogens with zero attached hydrogens (tertiary/aromatic N) is 6. The quantitative estimate of drug-likeness (QED) is 0.353. The highest BCUT2D eigenvalue weighted by molar-refractivity contribution is 5.80. The molecule has 0 aliphatic heterocycles. The Labute approximate surface area is 199 Å². The van der Waals surface area contributed by atoms with Gasteiger partial charge in [-0.1, -0.05) is 69.3 Å². The summed E-state index contributed by atoms with van der Waals surface area (Å²) in [6.07, 6.45) is 1.43. The van der Waals surface area contributed by atoms with E-state index < -0.39 is 5.79 Å². The molecule has 2 aromatic heterocycles. The molecular formula is C25H31N7O2. The smallest absolute Gasteiger partial charge is 0.231 e. The van der Waals surface area contributed by atoms with E-state index in [0.29, 0.717) is 30.5 Å². The molecule has 2 aromatic carbocycles. The van der Waals surface area contributed by atoms with Crippen LogP contribution in [-0.4, -0.2) is 49.6 Å². The molecule has 0 saturated carbocycles. The van der Waals surface area contributed by atoms with Crippen LogP contribution in [0.4, 0.5) is 0 Å². The Morgan fingerprint density at radius 2 is 1.71 bits per heavy atom. The molecule has 1 N–H and O–H groups in total. The van der Waals surface area contributed by atoms with Crippen LogP contribution in [-0.2, 0) is 28.2 Å². The summed E-state index contributed by atoms with van der Waals surface area (Å²) in [5.74, 6) is 1.55. The molecule has 34 heavy (non-hydrogen) atoms. The van der Waals surface area contributed by atoms with Crippen LogP contribution in [0.2, 0.25) is 0 Å². The van der Waals surface area contributed by atoms with E-state index in [2.05, 4.69) is 64.8 Å². The molecular weight excluding hydrogens is 430 g/mol. The number of benzene rings is 2. The molecule has 0 fully saturated rings. The van der Waals surface area contributed by atoms with Gasteiger partial charge in [0, 0.05) is 32.6 Å². The second-order valence-electron chi connectivity index (χ2n) is 8.60. The van der Waals surface area contributed by atoms with Crippen molar-refractivity contribution in [1.82, 2.24) is 35.4 Å². The van der Waals surface area contributed by atoms with Crippen LogP contribution in [0.25, 0.3) is 22.5 Å². The lowest BCUT2D eigenvalue weighted by Crippen LogP contribution is -2.31. The summed E-state index contributed by atoms with van der Waals surface area (Å²) in [6.45, 7) is 6.96. The molecule has 0 atom stereocenters. The second-order valence-corrected chi connectivity index (χ2v) is 8.60. The molecule has 9 heteroatoms. The zero-order chi connectivity index (χ0) is 24.1. The highest BCUT2D eigenvalue weighted by Gasteiger charge is 2.35. The Hall–Kier alpha value is -3.43. The number of H-pyrrole nitrogens is 1. The normalized spacial score (nSPS) is 11.9. The molecule has 0 spiro atoms. The van der Waals surface area contributed by atoms with Gasteiger partial charge in [0.15, 0.2) is 0 Å². The van der Waals surface area contributed by atoms with E-state index in [9.17, 15) is 0 Å². The van der Waals surface area contributed by atoms with Gasteiger partial charge in [-0.15, -0.1) is 15.3 Å². The van der Waals surface area contributed by atoms with Gasteiger partial charge in [0.2, 0.25) is 17.4 Å². The average Bonchev–Trinajstić information content (AvgIpc) is 3.52. The molecule has 9 nitrogen and oxygen atoms in total. The lowest BCUT2D eigenvalue weighted by molar-refractivity contribution is -0.222. The van der Waals surface area contributed by atoms with Crippen molar-refractivity contribution < 1.29 is 9.47 Å². The standard InChI is InChI=1S/C25H31N7O2/c1-6-25(33-4,34-5)24-26-22(15-17(2)3)32(29-24)16-18-11-13-19(14-12-18)20-9-7-8-10-21(20)23-27-30-31-28-23/h7-14,17H,6,15-16H2,1-5H3,(H,27,28,30,31). The third kappa shape index (κ3) is 4.76. The van der Waals surface area contributed by atoms with Gasteiger partial charge in [0.1, 0.15) is 5.82 Å². The summed E-state index contributed by atoms with van der Waals surface area (Å²) in [5, 5.41) is 19.3. The number of rotatable bonds is 10. The van der Waals surface area contributed by atoms with Crippen molar-refractivity contribution >= 4 is 0 Å². The minimum atomic E-state index is -0.945. The van der Waals surface area contributed by atoms with Crippen molar-refractivity contribution in [2.75, 3.05) is 14.2 Å². The molecule has 0 unspecified atom stereocenters. The maximum atomic E-state index is 5.67. The van der Waals surface area contributed by atoms with E-state index in [1.807, 2.05) is 29.8 Å². The average molecular weight is 462 g/mol. The number of hydrogen-bond acceptors (Lipinski definition) is 7. The lowest BCUT2D eigenvalue weighted by Gasteiger charge is -2.26. The van der Waals surface area contributed by atoms with Crippen molar-refractivity contribution in [3.8, 4) is 22.5 Å². The SMILES string of the molecule is CCC(OC)(OC)c1nc(CC(C)C)n(Cc2ccc(-c3ccccc3-c3nn[nH]n3)cc2)n1. The fourth-order valence-electron chi connectivity index (χ4n) is 4.06. The zero-order valence-electron chi connectivity index (χ0n) is 20.3.